The van der Waals surface area contributed by atoms with Gasteiger partial charge in [0.25, 0.3) is 0 Å². The van der Waals surface area contributed by atoms with E-state index in [0.29, 0.717) is 19.3 Å². The number of rotatable bonds is 47. The first-order valence-corrected chi connectivity index (χ1v) is 26.5. The van der Waals surface area contributed by atoms with Gasteiger partial charge in [0, 0.05) is 6.42 Å². The van der Waals surface area contributed by atoms with Gasteiger partial charge in [-0.2, -0.15) is 0 Å². The second-order valence-corrected chi connectivity index (χ2v) is 17.9. The summed E-state index contributed by atoms with van der Waals surface area (Å²) >= 11 is 0. The van der Waals surface area contributed by atoms with Crippen molar-refractivity contribution in [2.45, 2.75) is 277 Å². The van der Waals surface area contributed by atoms with Crippen LogP contribution in [0.1, 0.15) is 258 Å². The molecule has 0 aliphatic rings. The van der Waals surface area contributed by atoms with Crippen LogP contribution in [0.4, 0.5) is 0 Å². The molecule has 0 heterocycles. The standard InChI is InChI=1S/C56H101NO5/c1-4-7-10-13-16-19-22-25-27-30-32-35-38-41-44-47-52(62-56(61)49-46-43-40-37-34-29-24-21-18-15-12-9-6-3)50-55(60)57-53(51-58)54(59)48-45-42-39-36-33-31-28-26-23-20-17-14-11-8-5-2/h16,19,25,27,29,32,34-35,40,43,52-54,58-59H,4-15,17-18,20-24,26,28,30-31,33,36-39,41-42,44-51H2,1-3H3,(H,57,60)/b19-16-,27-25-,34-29-,35-32-,43-40+. The molecule has 0 saturated heterocycles. The first-order chi connectivity index (χ1) is 30.5. The van der Waals surface area contributed by atoms with Gasteiger partial charge in [-0.15, -0.1) is 0 Å². The van der Waals surface area contributed by atoms with Crippen LogP contribution in [-0.4, -0.2) is 46.9 Å². The molecule has 0 saturated carbocycles. The minimum atomic E-state index is -0.808. The third-order valence-corrected chi connectivity index (χ3v) is 11.8. The maximum Gasteiger partial charge on any atom is 0.306 e. The van der Waals surface area contributed by atoms with E-state index >= 15 is 0 Å². The molecule has 0 spiro atoms. The van der Waals surface area contributed by atoms with Crippen LogP contribution in [0.2, 0.25) is 0 Å². The molecule has 0 rings (SSSR count). The highest BCUT2D eigenvalue weighted by Crippen LogP contribution is 2.17. The fourth-order valence-corrected chi connectivity index (χ4v) is 7.78. The maximum absolute atomic E-state index is 13.2. The van der Waals surface area contributed by atoms with Gasteiger partial charge in [-0.1, -0.05) is 223 Å². The highest BCUT2D eigenvalue weighted by atomic mass is 16.5. The zero-order valence-corrected chi connectivity index (χ0v) is 41.0. The van der Waals surface area contributed by atoms with Crippen LogP contribution in [0.5, 0.6) is 0 Å². The monoisotopic (exact) mass is 868 g/mol. The molecule has 3 unspecified atom stereocenters. The predicted molar refractivity (Wildman–Crippen MR) is 268 cm³/mol. The van der Waals surface area contributed by atoms with E-state index in [-0.39, 0.29) is 31.3 Å². The fraction of sp³-hybridized carbons (Fsp3) is 0.786. The van der Waals surface area contributed by atoms with E-state index in [1.54, 1.807) is 0 Å². The minimum absolute atomic E-state index is 0.0286. The SMILES string of the molecule is CCCCC/C=C\C/C=C\C/C=C\CCCCC(CC(=O)NC(CO)C(O)CCCCCCCCCCCCCCCCC)OC(=O)CC/C=C/C/C=C\CCCCCCCC. The number of nitrogens with one attached hydrogen (secondary N) is 1. The second kappa shape index (κ2) is 49.6. The van der Waals surface area contributed by atoms with Crippen LogP contribution < -0.4 is 5.32 Å². The average molecular weight is 868 g/mol. The van der Waals surface area contributed by atoms with E-state index in [2.05, 4.69) is 80.8 Å². The molecule has 0 aliphatic carbocycles. The van der Waals surface area contributed by atoms with Gasteiger partial charge < -0.3 is 20.3 Å². The highest BCUT2D eigenvalue weighted by Gasteiger charge is 2.24. The van der Waals surface area contributed by atoms with Gasteiger partial charge in [-0.3, -0.25) is 9.59 Å². The molecule has 6 heteroatoms. The van der Waals surface area contributed by atoms with E-state index in [1.807, 2.05) is 6.08 Å². The summed E-state index contributed by atoms with van der Waals surface area (Å²) in [6.45, 7) is 6.43. The summed E-state index contributed by atoms with van der Waals surface area (Å²) in [4.78, 5) is 26.1. The largest absolute Gasteiger partial charge is 0.462 e. The van der Waals surface area contributed by atoms with Crippen molar-refractivity contribution in [2.75, 3.05) is 6.61 Å². The van der Waals surface area contributed by atoms with E-state index in [1.165, 1.54) is 141 Å². The summed E-state index contributed by atoms with van der Waals surface area (Å²) in [5, 5.41) is 23.8. The number of carbonyl (C=O) groups is 2. The van der Waals surface area contributed by atoms with Gasteiger partial charge in [-0.25, -0.2) is 0 Å². The molecule has 0 aliphatic heterocycles. The molecule has 6 nitrogen and oxygen atoms in total. The highest BCUT2D eigenvalue weighted by molar-refractivity contribution is 5.77. The third kappa shape index (κ3) is 44.2. The topological polar surface area (TPSA) is 95.9 Å². The molecule has 0 bridgehead atoms. The Labute approximate surface area is 384 Å². The predicted octanol–water partition coefficient (Wildman–Crippen LogP) is 16.0. The zero-order valence-electron chi connectivity index (χ0n) is 41.0. The maximum atomic E-state index is 13.2. The number of hydrogen-bond donors (Lipinski definition) is 3. The quantitative estimate of drug-likeness (QED) is 0.0322. The lowest BCUT2D eigenvalue weighted by atomic mass is 10.0. The normalized spacial score (nSPS) is 13.7. The first kappa shape index (κ1) is 59.6. The molecular formula is C56H101NO5. The molecule has 0 fully saturated rings. The van der Waals surface area contributed by atoms with Gasteiger partial charge in [-0.05, 0) is 83.5 Å². The Hall–Kier alpha value is -2.44. The van der Waals surface area contributed by atoms with Crippen LogP contribution in [-0.2, 0) is 14.3 Å². The minimum Gasteiger partial charge on any atom is -0.462 e. The van der Waals surface area contributed by atoms with Crippen LogP contribution in [0.3, 0.4) is 0 Å². The lowest BCUT2D eigenvalue weighted by molar-refractivity contribution is -0.150. The Morgan fingerprint density at radius 3 is 1.29 bits per heavy atom. The van der Waals surface area contributed by atoms with Crippen molar-refractivity contribution in [3.05, 3.63) is 60.8 Å². The Balaban J connectivity index is 4.69. The Bertz CT molecular complexity index is 1110. The van der Waals surface area contributed by atoms with Crippen molar-refractivity contribution >= 4 is 11.9 Å². The van der Waals surface area contributed by atoms with Crippen LogP contribution in [0, 0.1) is 0 Å². The number of carbonyl (C=O) groups excluding carboxylic acids is 2. The summed E-state index contributed by atoms with van der Waals surface area (Å²) in [6, 6.07) is -0.725. The van der Waals surface area contributed by atoms with Crippen LogP contribution in [0.25, 0.3) is 0 Å². The molecule has 0 radical (unpaired) electrons. The molecular weight excluding hydrogens is 767 g/mol. The third-order valence-electron chi connectivity index (χ3n) is 11.8. The Morgan fingerprint density at radius 2 is 0.823 bits per heavy atom. The van der Waals surface area contributed by atoms with Crippen molar-refractivity contribution in [3.63, 3.8) is 0 Å². The number of aliphatic hydroxyl groups excluding tert-OH is 2. The number of unbranched alkanes of at least 4 members (excludes halogenated alkanes) is 25. The van der Waals surface area contributed by atoms with Crippen LogP contribution >= 0.6 is 0 Å². The van der Waals surface area contributed by atoms with E-state index in [9.17, 15) is 19.8 Å². The van der Waals surface area contributed by atoms with Crippen molar-refractivity contribution in [2.24, 2.45) is 0 Å². The molecule has 62 heavy (non-hydrogen) atoms. The molecule has 1 amide bonds. The van der Waals surface area contributed by atoms with E-state index < -0.39 is 18.2 Å². The molecule has 360 valence electrons. The Morgan fingerprint density at radius 1 is 0.468 bits per heavy atom. The second-order valence-electron chi connectivity index (χ2n) is 17.9. The number of aliphatic hydroxyl groups is 2. The number of ether oxygens (including phenoxy) is 1. The molecule has 3 atom stereocenters. The average Bonchev–Trinajstić information content (AvgIpc) is 3.26. The van der Waals surface area contributed by atoms with Crippen molar-refractivity contribution in [1.29, 1.82) is 0 Å². The summed E-state index contributed by atoms with van der Waals surface area (Å²) in [7, 11) is 0. The first-order valence-electron chi connectivity index (χ1n) is 26.5. The van der Waals surface area contributed by atoms with Gasteiger partial charge in [0.2, 0.25) is 5.91 Å². The van der Waals surface area contributed by atoms with Crippen molar-refractivity contribution in [3.8, 4) is 0 Å². The summed E-state index contributed by atoms with van der Waals surface area (Å²) in [5.74, 6) is -0.590. The van der Waals surface area contributed by atoms with Crippen LogP contribution in [0.15, 0.2) is 60.8 Å². The summed E-state index contributed by atoms with van der Waals surface area (Å²) in [6.07, 6.45) is 61.5. The number of amides is 1. The zero-order chi connectivity index (χ0) is 45.2. The van der Waals surface area contributed by atoms with Gasteiger partial charge in [0.15, 0.2) is 0 Å². The van der Waals surface area contributed by atoms with Gasteiger partial charge in [0.1, 0.15) is 6.10 Å². The Kier molecular flexibility index (Phi) is 47.6. The van der Waals surface area contributed by atoms with Gasteiger partial charge >= 0.3 is 5.97 Å². The smallest absolute Gasteiger partial charge is 0.306 e. The summed E-state index contributed by atoms with van der Waals surface area (Å²) < 4.78 is 5.88. The van der Waals surface area contributed by atoms with E-state index in [0.717, 1.165) is 64.2 Å². The fourth-order valence-electron chi connectivity index (χ4n) is 7.78. The summed E-state index contributed by atoms with van der Waals surface area (Å²) in [5.41, 5.74) is 0. The molecule has 3 N–H and O–H groups in total. The van der Waals surface area contributed by atoms with E-state index in [4.69, 9.17) is 4.74 Å². The number of esters is 1. The number of hydrogen-bond acceptors (Lipinski definition) is 5. The molecule has 0 aromatic carbocycles. The van der Waals surface area contributed by atoms with Crippen molar-refractivity contribution < 1.29 is 24.5 Å². The molecule has 0 aromatic heterocycles. The lowest BCUT2D eigenvalue weighted by Crippen LogP contribution is -2.46. The molecule has 0 aromatic rings. The van der Waals surface area contributed by atoms with Crippen molar-refractivity contribution in [1.82, 2.24) is 5.32 Å². The lowest BCUT2D eigenvalue weighted by Gasteiger charge is -2.24. The number of allylic oxidation sites excluding steroid dienone is 10. The van der Waals surface area contributed by atoms with Gasteiger partial charge in [0.05, 0.1) is 25.2 Å².